The van der Waals surface area contributed by atoms with Crippen molar-refractivity contribution < 1.29 is 4.74 Å². The minimum Gasteiger partial charge on any atom is -0.496 e. The van der Waals surface area contributed by atoms with Crippen molar-refractivity contribution in [1.82, 2.24) is 5.32 Å². The monoisotopic (exact) mass is 223 g/mol. The summed E-state index contributed by atoms with van der Waals surface area (Å²) < 4.78 is 5.40. The molecule has 3 heteroatoms. The maximum atomic E-state index is 5.40. The van der Waals surface area contributed by atoms with Crippen LogP contribution in [0.25, 0.3) is 0 Å². The lowest BCUT2D eigenvalue weighted by Crippen LogP contribution is -2.30. The molecule has 82 valence electrons. The van der Waals surface area contributed by atoms with Crippen LogP contribution in [-0.4, -0.2) is 25.2 Å². The van der Waals surface area contributed by atoms with Crippen molar-refractivity contribution in [3.8, 4) is 5.75 Å². The Morgan fingerprint density at radius 2 is 2.33 bits per heavy atom. The Morgan fingerprint density at radius 1 is 1.47 bits per heavy atom. The van der Waals surface area contributed by atoms with Crippen LogP contribution < -0.4 is 10.1 Å². The molecule has 0 bridgehead atoms. The first-order valence-electron chi connectivity index (χ1n) is 5.27. The summed E-state index contributed by atoms with van der Waals surface area (Å²) in [5.74, 6) is 3.35. The van der Waals surface area contributed by atoms with Crippen LogP contribution in [-0.2, 0) is 0 Å². The Kier molecular flexibility index (Phi) is 3.54. The standard InChI is InChI=1S/C12H17NOS/c1-9-3-4-12(14-2)10(7-9)11-8-15-6-5-13-11/h3-4,7,11,13H,5-6,8H2,1-2H3. The Balaban J connectivity index is 2.27. The van der Waals surface area contributed by atoms with E-state index in [2.05, 4.69) is 30.4 Å². The molecule has 0 saturated carbocycles. The van der Waals surface area contributed by atoms with Crippen LogP contribution in [0.3, 0.4) is 0 Å². The number of benzene rings is 1. The first-order valence-corrected chi connectivity index (χ1v) is 6.42. The third kappa shape index (κ3) is 2.47. The fourth-order valence-corrected chi connectivity index (χ4v) is 2.85. The van der Waals surface area contributed by atoms with Gasteiger partial charge in [-0.25, -0.2) is 0 Å². The molecule has 0 spiro atoms. The molecule has 0 amide bonds. The SMILES string of the molecule is COc1ccc(C)cc1C1CSCCN1. The lowest BCUT2D eigenvalue weighted by molar-refractivity contribution is 0.402. The van der Waals surface area contributed by atoms with Gasteiger partial charge in [-0.05, 0) is 13.0 Å². The molecular weight excluding hydrogens is 206 g/mol. The fraction of sp³-hybridized carbons (Fsp3) is 0.500. The number of thioether (sulfide) groups is 1. The second-order valence-corrected chi connectivity index (χ2v) is 4.98. The Labute approximate surface area is 95.4 Å². The van der Waals surface area contributed by atoms with Crippen molar-refractivity contribution >= 4 is 11.8 Å². The average Bonchev–Trinajstić information content (AvgIpc) is 2.30. The zero-order valence-electron chi connectivity index (χ0n) is 9.25. The highest BCUT2D eigenvalue weighted by Crippen LogP contribution is 2.30. The van der Waals surface area contributed by atoms with Gasteiger partial charge < -0.3 is 10.1 Å². The largest absolute Gasteiger partial charge is 0.496 e. The van der Waals surface area contributed by atoms with Crippen LogP contribution in [0.2, 0.25) is 0 Å². The van der Waals surface area contributed by atoms with Crippen molar-refractivity contribution in [2.75, 3.05) is 25.2 Å². The van der Waals surface area contributed by atoms with Crippen molar-refractivity contribution in [3.63, 3.8) is 0 Å². The van der Waals surface area contributed by atoms with Gasteiger partial charge in [-0.15, -0.1) is 0 Å². The van der Waals surface area contributed by atoms with E-state index in [4.69, 9.17) is 4.74 Å². The second-order valence-electron chi connectivity index (χ2n) is 3.83. The number of hydrogen-bond donors (Lipinski definition) is 1. The maximum absolute atomic E-state index is 5.40. The highest BCUT2D eigenvalue weighted by molar-refractivity contribution is 7.99. The van der Waals surface area contributed by atoms with Gasteiger partial charge in [0.2, 0.25) is 0 Å². The number of rotatable bonds is 2. The molecule has 2 nitrogen and oxygen atoms in total. The van der Waals surface area contributed by atoms with Gasteiger partial charge in [-0.1, -0.05) is 17.7 Å². The summed E-state index contributed by atoms with van der Waals surface area (Å²) in [5, 5.41) is 3.54. The number of methoxy groups -OCH3 is 1. The van der Waals surface area contributed by atoms with Gasteiger partial charge in [-0.2, -0.15) is 11.8 Å². The molecule has 1 aromatic rings. The van der Waals surface area contributed by atoms with E-state index in [1.807, 2.05) is 11.8 Å². The summed E-state index contributed by atoms with van der Waals surface area (Å²) in [6, 6.07) is 6.82. The normalized spacial score (nSPS) is 21.3. The molecule has 15 heavy (non-hydrogen) atoms. The number of aryl methyl sites for hydroxylation is 1. The molecule has 1 atom stereocenters. The highest BCUT2D eigenvalue weighted by atomic mass is 32.2. The molecule has 1 N–H and O–H groups in total. The topological polar surface area (TPSA) is 21.3 Å². The number of nitrogens with one attached hydrogen (secondary N) is 1. The molecule has 1 saturated heterocycles. The van der Waals surface area contributed by atoms with E-state index in [0.29, 0.717) is 6.04 Å². The molecular formula is C12H17NOS. The van der Waals surface area contributed by atoms with Crippen molar-refractivity contribution in [2.24, 2.45) is 0 Å². The van der Waals surface area contributed by atoms with Gasteiger partial charge in [-0.3, -0.25) is 0 Å². The lowest BCUT2D eigenvalue weighted by Gasteiger charge is -2.25. The average molecular weight is 223 g/mol. The summed E-state index contributed by atoms with van der Waals surface area (Å²) in [5.41, 5.74) is 2.59. The molecule has 0 radical (unpaired) electrons. The lowest BCUT2D eigenvalue weighted by atomic mass is 10.0. The maximum Gasteiger partial charge on any atom is 0.123 e. The smallest absolute Gasteiger partial charge is 0.123 e. The van der Waals surface area contributed by atoms with Gasteiger partial charge >= 0.3 is 0 Å². The first kappa shape index (κ1) is 10.8. The van der Waals surface area contributed by atoms with Crippen molar-refractivity contribution in [2.45, 2.75) is 13.0 Å². The Morgan fingerprint density at radius 3 is 3.00 bits per heavy atom. The highest BCUT2D eigenvalue weighted by Gasteiger charge is 2.18. The molecule has 1 aliphatic heterocycles. The van der Waals surface area contributed by atoms with Crippen LogP contribution in [0.15, 0.2) is 18.2 Å². The molecule has 1 aromatic carbocycles. The predicted molar refractivity (Wildman–Crippen MR) is 65.8 cm³/mol. The predicted octanol–water partition coefficient (Wildman–Crippen LogP) is 2.38. The summed E-state index contributed by atoms with van der Waals surface area (Å²) in [7, 11) is 1.74. The minimum absolute atomic E-state index is 0.443. The summed E-state index contributed by atoms with van der Waals surface area (Å²) in [6.45, 7) is 3.21. The van der Waals surface area contributed by atoms with E-state index in [1.54, 1.807) is 7.11 Å². The quantitative estimate of drug-likeness (QED) is 0.832. The third-order valence-corrected chi connectivity index (χ3v) is 3.74. The van der Waals surface area contributed by atoms with Gasteiger partial charge in [0.15, 0.2) is 0 Å². The van der Waals surface area contributed by atoms with E-state index in [0.717, 1.165) is 18.0 Å². The van der Waals surface area contributed by atoms with E-state index < -0.39 is 0 Å². The van der Waals surface area contributed by atoms with Crippen molar-refractivity contribution in [3.05, 3.63) is 29.3 Å². The molecule has 2 rings (SSSR count). The molecule has 0 aromatic heterocycles. The zero-order valence-corrected chi connectivity index (χ0v) is 10.1. The Bertz CT molecular complexity index is 334. The van der Waals surface area contributed by atoms with Crippen LogP contribution in [0.4, 0.5) is 0 Å². The van der Waals surface area contributed by atoms with Crippen LogP contribution >= 0.6 is 11.8 Å². The van der Waals surface area contributed by atoms with Crippen LogP contribution in [0, 0.1) is 6.92 Å². The van der Waals surface area contributed by atoms with Crippen molar-refractivity contribution in [1.29, 1.82) is 0 Å². The molecule has 0 aliphatic carbocycles. The molecule has 1 heterocycles. The minimum atomic E-state index is 0.443. The molecule has 1 unspecified atom stereocenters. The number of hydrogen-bond acceptors (Lipinski definition) is 3. The number of ether oxygens (including phenoxy) is 1. The summed E-state index contributed by atoms with van der Waals surface area (Å²) >= 11 is 2.00. The van der Waals surface area contributed by atoms with Gasteiger partial charge in [0, 0.05) is 29.7 Å². The van der Waals surface area contributed by atoms with E-state index in [-0.39, 0.29) is 0 Å². The van der Waals surface area contributed by atoms with Crippen LogP contribution in [0.5, 0.6) is 5.75 Å². The third-order valence-electron chi connectivity index (χ3n) is 2.68. The zero-order chi connectivity index (χ0) is 10.7. The fourth-order valence-electron chi connectivity index (χ4n) is 1.89. The summed E-state index contributed by atoms with van der Waals surface area (Å²) in [6.07, 6.45) is 0. The Hall–Kier alpha value is -0.670. The molecule has 1 fully saturated rings. The summed E-state index contributed by atoms with van der Waals surface area (Å²) in [4.78, 5) is 0. The van der Waals surface area contributed by atoms with Crippen LogP contribution in [0.1, 0.15) is 17.2 Å². The van der Waals surface area contributed by atoms with E-state index in [9.17, 15) is 0 Å². The second kappa shape index (κ2) is 4.90. The molecule has 1 aliphatic rings. The van der Waals surface area contributed by atoms with Gasteiger partial charge in [0.25, 0.3) is 0 Å². The van der Waals surface area contributed by atoms with Gasteiger partial charge in [0.1, 0.15) is 5.75 Å². The first-order chi connectivity index (χ1) is 7.31. The van der Waals surface area contributed by atoms with Gasteiger partial charge in [0.05, 0.1) is 7.11 Å². The van der Waals surface area contributed by atoms with E-state index >= 15 is 0 Å². The van der Waals surface area contributed by atoms with E-state index in [1.165, 1.54) is 16.9 Å².